The van der Waals surface area contributed by atoms with Gasteiger partial charge in [0.2, 0.25) is 0 Å². The van der Waals surface area contributed by atoms with E-state index in [0.717, 1.165) is 9.68 Å². The van der Waals surface area contributed by atoms with Crippen molar-refractivity contribution in [1.82, 2.24) is 4.57 Å². The van der Waals surface area contributed by atoms with Crippen molar-refractivity contribution >= 4 is 38.8 Å². The van der Waals surface area contributed by atoms with Crippen LogP contribution in [0.1, 0.15) is 16.0 Å². The molecular weight excluding hydrogens is 300 g/mol. The fourth-order valence-electron chi connectivity index (χ4n) is 2.38. The van der Waals surface area contributed by atoms with Crippen LogP contribution in [0.3, 0.4) is 0 Å². The normalized spacial score (nSPS) is 12.2. The lowest BCUT2D eigenvalue weighted by Gasteiger charge is -2.01. The molecule has 0 saturated carbocycles. The van der Waals surface area contributed by atoms with Crippen molar-refractivity contribution in [1.29, 1.82) is 0 Å². The number of fused-ring (bicyclic) bond motifs is 1. The maximum absolute atomic E-state index is 12.1. The number of thiazole rings is 1. The predicted octanol–water partition coefficient (Wildman–Crippen LogP) is 3.59. The average molecular weight is 316 g/mol. The van der Waals surface area contributed by atoms with E-state index in [1.54, 1.807) is 22.7 Å². The zero-order chi connectivity index (χ0) is 15.0. The highest BCUT2D eigenvalue weighted by Gasteiger charge is 2.09. The highest BCUT2D eigenvalue weighted by Crippen LogP contribution is 2.24. The molecule has 0 saturated heterocycles. The number of thiophene rings is 1. The standard InChI is InChI=1S/C16H16N2OS2/c1-10-6-7-11(2)15-14(10)18(3)16(21-15)17-13(19)9-12-5-4-8-20-12/h4-8H,9H2,1-3H3. The Hall–Kier alpha value is -1.72. The van der Waals surface area contributed by atoms with E-state index < -0.39 is 0 Å². The average Bonchev–Trinajstić information content (AvgIpc) is 3.04. The van der Waals surface area contributed by atoms with Crippen LogP contribution >= 0.6 is 22.7 Å². The van der Waals surface area contributed by atoms with Gasteiger partial charge in [0.05, 0.1) is 16.6 Å². The Morgan fingerprint density at radius 1 is 1.24 bits per heavy atom. The molecule has 0 spiro atoms. The van der Waals surface area contributed by atoms with Crippen molar-refractivity contribution in [3.05, 3.63) is 50.5 Å². The molecule has 0 aliphatic rings. The third-order valence-corrected chi connectivity index (χ3v) is 5.62. The van der Waals surface area contributed by atoms with Crippen molar-refractivity contribution in [2.75, 3.05) is 0 Å². The predicted molar refractivity (Wildman–Crippen MR) is 88.9 cm³/mol. The number of aromatic nitrogens is 1. The van der Waals surface area contributed by atoms with Gasteiger partial charge in [0, 0.05) is 11.9 Å². The summed E-state index contributed by atoms with van der Waals surface area (Å²) >= 11 is 3.18. The summed E-state index contributed by atoms with van der Waals surface area (Å²) in [7, 11) is 1.97. The van der Waals surface area contributed by atoms with Gasteiger partial charge in [-0.15, -0.1) is 11.3 Å². The van der Waals surface area contributed by atoms with Gasteiger partial charge >= 0.3 is 0 Å². The van der Waals surface area contributed by atoms with Crippen molar-refractivity contribution in [3.63, 3.8) is 0 Å². The largest absolute Gasteiger partial charge is 0.319 e. The van der Waals surface area contributed by atoms with Crippen LogP contribution in [0.5, 0.6) is 0 Å². The zero-order valence-corrected chi connectivity index (χ0v) is 13.8. The minimum Gasteiger partial charge on any atom is -0.319 e. The Morgan fingerprint density at radius 2 is 2.00 bits per heavy atom. The summed E-state index contributed by atoms with van der Waals surface area (Å²) in [6.07, 6.45) is 0.379. The molecule has 5 heteroatoms. The van der Waals surface area contributed by atoms with Crippen LogP contribution in [0.15, 0.2) is 34.6 Å². The highest BCUT2D eigenvalue weighted by atomic mass is 32.1. The van der Waals surface area contributed by atoms with Crippen LogP contribution in [0.2, 0.25) is 0 Å². The van der Waals surface area contributed by atoms with Crippen LogP contribution in [0.4, 0.5) is 0 Å². The lowest BCUT2D eigenvalue weighted by Crippen LogP contribution is -2.14. The van der Waals surface area contributed by atoms with Gasteiger partial charge in [0.25, 0.3) is 5.91 Å². The number of benzene rings is 1. The van der Waals surface area contributed by atoms with Crippen molar-refractivity contribution in [2.45, 2.75) is 20.3 Å². The van der Waals surface area contributed by atoms with E-state index in [0.29, 0.717) is 6.42 Å². The topological polar surface area (TPSA) is 34.4 Å². The summed E-state index contributed by atoms with van der Waals surface area (Å²) in [5.74, 6) is -0.0880. The quantitative estimate of drug-likeness (QED) is 0.711. The monoisotopic (exact) mass is 316 g/mol. The second-order valence-electron chi connectivity index (χ2n) is 5.08. The molecule has 0 aliphatic carbocycles. The summed E-state index contributed by atoms with van der Waals surface area (Å²) in [6, 6.07) is 8.16. The molecule has 1 amide bonds. The minimum atomic E-state index is -0.0880. The van der Waals surface area contributed by atoms with Crippen molar-refractivity contribution < 1.29 is 4.79 Å². The van der Waals surface area contributed by atoms with Gasteiger partial charge in [-0.05, 0) is 36.4 Å². The highest BCUT2D eigenvalue weighted by molar-refractivity contribution is 7.16. The van der Waals surface area contributed by atoms with E-state index in [4.69, 9.17) is 0 Å². The molecule has 3 nitrogen and oxygen atoms in total. The molecule has 3 rings (SSSR count). The van der Waals surface area contributed by atoms with E-state index in [2.05, 4.69) is 31.0 Å². The van der Waals surface area contributed by atoms with Crippen LogP contribution in [0, 0.1) is 13.8 Å². The molecule has 1 aromatic carbocycles. The van der Waals surface area contributed by atoms with Crippen molar-refractivity contribution in [2.24, 2.45) is 12.0 Å². The van der Waals surface area contributed by atoms with E-state index in [1.165, 1.54) is 21.3 Å². The fourth-order valence-corrected chi connectivity index (χ4v) is 4.26. The third-order valence-electron chi connectivity index (χ3n) is 3.47. The number of hydrogen-bond acceptors (Lipinski definition) is 3. The molecule has 108 valence electrons. The summed E-state index contributed by atoms with van der Waals surface area (Å²) in [6.45, 7) is 4.18. The maximum Gasteiger partial charge on any atom is 0.253 e. The van der Waals surface area contributed by atoms with Gasteiger partial charge in [0.1, 0.15) is 0 Å². The van der Waals surface area contributed by atoms with Crippen molar-refractivity contribution in [3.8, 4) is 0 Å². The lowest BCUT2D eigenvalue weighted by molar-refractivity contribution is -0.117. The Bertz CT molecular complexity index is 870. The van der Waals surface area contributed by atoms with Crippen LogP contribution in [0.25, 0.3) is 10.2 Å². The Labute approximate surface area is 131 Å². The van der Waals surface area contributed by atoms with E-state index >= 15 is 0 Å². The van der Waals surface area contributed by atoms with E-state index in [9.17, 15) is 4.79 Å². The first-order chi connectivity index (χ1) is 10.1. The SMILES string of the molecule is Cc1ccc(C)c2c1sc(=NC(=O)Cc1cccs1)n2C. The number of hydrogen-bond donors (Lipinski definition) is 0. The molecule has 0 unspecified atom stereocenters. The summed E-state index contributed by atoms with van der Waals surface area (Å²) < 4.78 is 3.23. The molecule has 0 radical (unpaired) electrons. The Kier molecular flexibility index (Phi) is 3.78. The Balaban J connectivity index is 2.06. The second-order valence-corrected chi connectivity index (χ2v) is 7.09. The molecule has 2 aromatic heterocycles. The number of aryl methyl sites for hydroxylation is 3. The van der Waals surface area contributed by atoms with Gasteiger partial charge in [-0.2, -0.15) is 4.99 Å². The molecule has 0 N–H and O–H groups in total. The van der Waals surface area contributed by atoms with E-state index in [-0.39, 0.29) is 5.91 Å². The summed E-state index contributed by atoms with van der Waals surface area (Å²) in [5, 5.41) is 1.98. The number of amides is 1. The third kappa shape index (κ3) is 2.71. The minimum absolute atomic E-state index is 0.0880. The van der Waals surface area contributed by atoms with E-state index in [1.807, 2.05) is 29.1 Å². The van der Waals surface area contributed by atoms with Crippen LogP contribution in [-0.4, -0.2) is 10.5 Å². The smallest absolute Gasteiger partial charge is 0.253 e. The van der Waals surface area contributed by atoms with Gasteiger partial charge in [0.15, 0.2) is 4.80 Å². The Morgan fingerprint density at radius 3 is 2.67 bits per heavy atom. The molecule has 3 aromatic rings. The molecule has 21 heavy (non-hydrogen) atoms. The molecular formula is C16H16N2OS2. The van der Waals surface area contributed by atoms with Gasteiger partial charge in [-0.1, -0.05) is 29.5 Å². The van der Waals surface area contributed by atoms with Crippen LogP contribution < -0.4 is 4.80 Å². The lowest BCUT2D eigenvalue weighted by atomic mass is 10.1. The van der Waals surface area contributed by atoms with Crippen LogP contribution in [-0.2, 0) is 18.3 Å². The van der Waals surface area contributed by atoms with Gasteiger partial charge < -0.3 is 4.57 Å². The molecule has 2 heterocycles. The first kappa shape index (κ1) is 14.2. The maximum atomic E-state index is 12.1. The number of carbonyl (C=O) groups excluding carboxylic acids is 1. The number of carbonyl (C=O) groups is 1. The first-order valence-electron chi connectivity index (χ1n) is 6.72. The molecule has 0 aliphatic heterocycles. The molecule has 0 fully saturated rings. The van der Waals surface area contributed by atoms with Gasteiger partial charge in [-0.3, -0.25) is 4.79 Å². The fraction of sp³-hybridized carbons (Fsp3) is 0.250. The summed E-state index contributed by atoms with van der Waals surface area (Å²) in [5.41, 5.74) is 3.60. The number of rotatable bonds is 2. The zero-order valence-electron chi connectivity index (χ0n) is 12.2. The first-order valence-corrected chi connectivity index (χ1v) is 8.41. The van der Waals surface area contributed by atoms with Gasteiger partial charge in [-0.25, -0.2) is 0 Å². The number of nitrogens with zero attached hydrogens (tertiary/aromatic N) is 2. The molecule has 0 atom stereocenters. The second kappa shape index (κ2) is 5.58. The molecule has 0 bridgehead atoms. The summed E-state index contributed by atoms with van der Waals surface area (Å²) in [4.78, 5) is 18.2.